The first-order valence-corrected chi connectivity index (χ1v) is 5.97. The van der Waals surface area contributed by atoms with Crippen molar-refractivity contribution in [3.05, 3.63) is 35.4 Å². The monoisotopic (exact) mass is 220 g/mol. The largest absolute Gasteiger partial charge is 0.389 e. The van der Waals surface area contributed by atoms with Gasteiger partial charge in [0.05, 0.1) is 11.7 Å². The summed E-state index contributed by atoms with van der Waals surface area (Å²) in [6.07, 6.45) is 4.21. The zero-order chi connectivity index (χ0) is 11.6. The van der Waals surface area contributed by atoms with Crippen LogP contribution in [-0.4, -0.2) is 17.8 Å². The van der Waals surface area contributed by atoms with Gasteiger partial charge in [-0.2, -0.15) is 0 Å². The van der Waals surface area contributed by atoms with Gasteiger partial charge in [0.2, 0.25) is 0 Å². The highest BCUT2D eigenvalue weighted by molar-refractivity contribution is 5.24. The zero-order valence-corrected chi connectivity index (χ0v) is 10.1. The summed E-state index contributed by atoms with van der Waals surface area (Å²) in [6, 6.07) is 8.22. The normalized spacial score (nSPS) is 19.4. The van der Waals surface area contributed by atoms with E-state index in [1.807, 2.05) is 19.2 Å². The van der Waals surface area contributed by atoms with Crippen molar-refractivity contribution in [2.24, 2.45) is 0 Å². The maximum Gasteiger partial charge on any atom is 0.0761 e. The highest BCUT2D eigenvalue weighted by Gasteiger charge is 2.42. The van der Waals surface area contributed by atoms with Gasteiger partial charge < -0.3 is 9.84 Å². The van der Waals surface area contributed by atoms with Crippen LogP contribution in [0.3, 0.4) is 0 Å². The summed E-state index contributed by atoms with van der Waals surface area (Å²) in [5.41, 5.74) is 2.49. The lowest BCUT2D eigenvalue weighted by molar-refractivity contribution is 0.0731. The summed E-state index contributed by atoms with van der Waals surface area (Å²) in [7, 11) is 1.81. The molecule has 0 heterocycles. The van der Waals surface area contributed by atoms with Crippen LogP contribution in [0.4, 0.5) is 0 Å². The maximum absolute atomic E-state index is 9.40. The quantitative estimate of drug-likeness (QED) is 0.826. The third-order valence-electron chi connectivity index (χ3n) is 3.57. The summed E-state index contributed by atoms with van der Waals surface area (Å²) >= 11 is 0. The molecular formula is C14H20O2. The van der Waals surface area contributed by atoms with Crippen molar-refractivity contribution in [2.75, 3.05) is 7.11 Å². The summed E-state index contributed by atoms with van der Waals surface area (Å²) in [5.74, 6) is 0. The number of hydrogen-bond donors (Lipinski definition) is 1. The predicted molar refractivity (Wildman–Crippen MR) is 64.4 cm³/mol. The van der Waals surface area contributed by atoms with Gasteiger partial charge in [0.25, 0.3) is 0 Å². The predicted octanol–water partition coefficient (Wildman–Crippen LogP) is 2.85. The standard InChI is InChI=1S/C14H20O2/c1-11(15)13-5-3-12(4-6-13)7-8-14(16-2)9-10-14/h3-6,11,15H,7-10H2,1-2H3. The highest BCUT2D eigenvalue weighted by atomic mass is 16.5. The fourth-order valence-electron chi connectivity index (χ4n) is 2.03. The smallest absolute Gasteiger partial charge is 0.0761 e. The lowest BCUT2D eigenvalue weighted by atomic mass is 10.0. The van der Waals surface area contributed by atoms with E-state index in [-0.39, 0.29) is 11.7 Å². The lowest BCUT2D eigenvalue weighted by Gasteiger charge is -2.13. The molecule has 1 aromatic carbocycles. The third-order valence-corrected chi connectivity index (χ3v) is 3.57. The van der Waals surface area contributed by atoms with Gasteiger partial charge in [-0.05, 0) is 43.7 Å². The Morgan fingerprint density at radius 2 is 1.94 bits per heavy atom. The first kappa shape index (κ1) is 11.6. The fourth-order valence-corrected chi connectivity index (χ4v) is 2.03. The lowest BCUT2D eigenvalue weighted by Crippen LogP contribution is -2.12. The molecule has 1 N–H and O–H groups in total. The van der Waals surface area contributed by atoms with E-state index in [1.54, 1.807) is 6.92 Å². The molecule has 1 aliphatic rings. The van der Waals surface area contributed by atoms with Gasteiger partial charge in [-0.25, -0.2) is 0 Å². The second-order valence-corrected chi connectivity index (χ2v) is 4.80. The molecule has 1 unspecified atom stereocenters. The summed E-state index contributed by atoms with van der Waals surface area (Å²) < 4.78 is 5.49. The van der Waals surface area contributed by atoms with Gasteiger partial charge in [-0.1, -0.05) is 24.3 Å². The minimum absolute atomic E-state index is 0.183. The number of aliphatic hydroxyl groups is 1. The van der Waals surface area contributed by atoms with Gasteiger partial charge in [0.1, 0.15) is 0 Å². The molecule has 0 aliphatic heterocycles. The average molecular weight is 220 g/mol. The fraction of sp³-hybridized carbons (Fsp3) is 0.571. The van der Waals surface area contributed by atoms with Crippen LogP contribution in [0.25, 0.3) is 0 Å². The number of aliphatic hydroxyl groups excluding tert-OH is 1. The molecule has 0 spiro atoms. The Kier molecular flexibility index (Phi) is 3.31. The Hall–Kier alpha value is -0.860. The molecule has 0 aromatic heterocycles. The van der Waals surface area contributed by atoms with Gasteiger partial charge >= 0.3 is 0 Å². The molecule has 1 atom stereocenters. The van der Waals surface area contributed by atoms with E-state index in [0.29, 0.717) is 0 Å². The molecule has 2 nitrogen and oxygen atoms in total. The molecule has 0 saturated heterocycles. The van der Waals surface area contributed by atoms with Crippen molar-refractivity contribution in [3.8, 4) is 0 Å². The molecule has 88 valence electrons. The number of ether oxygens (including phenoxy) is 1. The van der Waals surface area contributed by atoms with Gasteiger partial charge in [-0.15, -0.1) is 0 Å². The molecule has 0 radical (unpaired) electrons. The molecule has 1 aliphatic carbocycles. The van der Waals surface area contributed by atoms with Crippen molar-refractivity contribution in [2.45, 2.75) is 44.3 Å². The van der Waals surface area contributed by atoms with Crippen LogP contribution in [-0.2, 0) is 11.2 Å². The van der Waals surface area contributed by atoms with Crippen molar-refractivity contribution in [1.82, 2.24) is 0 Å². The number of rotatable bonds is 5. The molecule has 1 saturated carbocycles. The van der Waals surface area contributed by atoms with Gasteiger partial charge in [-0.3, -0.25) is 0 Å². The Morgan fingerprint density at radius 1 is 1.31 bits per heavy atom. The molecule has 16 heavy (non-hydrogen) atoms. The van der Waals surface area contributed by atoms with Gasteiger partial charge in [0.15, 0.2) is 0 Å². The molecule has 0 bridgehead atoms. The number of methoxy groups -OCH3 is 1. The minimum atomic E-state index is -0.372. The Labute approximate surface area is 97.3 Å². The van der Waals surface area contributed by atoms with Crippen LogP contribution in [0.15, 0.2) is 24.3 Å². The minimum Gasteiger partial charge on any atom is -0.389 e. The van der Waals surface area contributed by atoms with E-state index in [9.17, 15) is 5.11 Å². The SMILES string of the molecule is COC1(CCc2ccc(C(C)O)cc2)CC1. The average Bonchev–Trinajstić information content (AvgIpc) is 3.08. The number of hydrogen-bond acceptors (Lipinski definition) is 2. The highest BCUT2D eigenvalue weighted by Crippen LogP contribution is 2.42. The van der Waals surface area contributed by atoms with Crippen LogP contribution in [0.5, 0.6) is 0 Å². The molecule has 1 aromatic rings. The Morgan fingerprint density at radius 3 is 2.38 bits per heavy atom. The molecule has 2 rings (SSSR count). The molecule has 0 amide bonds. The molecule has 2 heteroatoms. The first-order chi connectivity index (χ1) is 7.65. The first-order valence-electron chi connectivity index (χ1n) is 5.97. The van der Waals surface area contributed by atoms with Crippen LogP contribution < -0.4 is 0 Å². The van der Waals surface area contributed by atoms with Crippen LogP contribution in [0, 0.1) is 0 Å². The van der Waals surface area contributed by atoms with Gasteiger partial charge in [0, 0.05) is 7.11 Å². The zero-order valence-electron chi connectivity index (χ0n) is 10.1. The van der Waals surface area contributed by atoms with E-state index >= 15 is 0 Å². The Balaban J connectivity index is 1.90. The van der Waals surface area contributed by atoms with E-state index in [2.05, 4.69) is 12.1 Å². The topological polar surface area (TPSA) is 29.5 Å². The van der Waals surface area contributed by atoms with Crippen molar-refractivity contribution < 1.29 is 9.84 Å². The number of benzene rings is 1. The maximum atomic E-state index is 9.40. The van der Waals surface area contributed by atoms with E-state index in [0.717, 1.165) is 18.4 Å². The summed E-state index contributed by atoms with van der Waals surface area (Å²) in [5, 5.41) is 9.40. The van der Waals surface area contributed by atoms with Crippen molar-refractivity contribution in [3.63, 3.8) is 0 Å². The summed E-state index contributed by atoms with van der Waals surface area (Å²) in [6.45, 7) is 1.79. The van der Waals surface area contributed by atoms with Crippen LogP contribution in [0.2, 0.25) is 0 Å². The van der Waals surface area contributed by atoms with Crippen molar-refractivity contribution >= 4 is 0 Å². The summed E-state index contributed by atoms with van der Waals surface area (Å²) in [4.78, 5) is 0. The second kappa shape index (κ2) is 4.56. The molecule has 1 fully saturated rings. The Bertz CT molecular complexity index is 336. The second-order valence-electron chi connectivity index (χ2n) is 4.80. The molecular weight excluding hydrogens is 200 g/mol. The van der Waals surface area contributed by atoms with E-state index in [1.165, 1.54) is 18.4 Å². The van der Waals surface area contributed by atoms with E-state index in [4.69, 9.17) is 4.74 Å². The van der Waals surface area contributed by atoms with E-state index < -0.39 is 0 Å². The van der Waals surface area contributed by atoms with Crippen molar-refractivity contribution in [1.29, 1.82) is 0 Å². The number of aryl methyl sites for hydroxylation is 1. The van der Waals surface area contributed by atoms with Crippen LogP contribution in [0.1, 0.15) is 43.4 Å². The third kappa shape index (κ3) is 2.63. The van der Waals surface area contributed by atoms with Crippen LogP contribution >= 0.6 is 0 Å².